The third-order valence-electron chi connectivity index (χ3n) is 8.19. The fourth-order valence-electron chi connectivity index (χ4n) is 6.75. The van der Waals surface area contributed by atoms with Crippen LogP contribution < -0.4 is 0 Å². The number of rotatable bonds is 11. The van der Waals surface area contributed by atoms with E-state index in [1.807, 2.05) is 11.8 Å². The van der Waals surface area contributed by atoms with E-state index in [0.717, 1.165) is 25.2 Å². The molecular formula is C27H39NO4. The van der Waals surface area contributed by atoms with Crippen molar-refractivity contribution in [2.24, 2.45) is 17.3 Å². The van der Waals surface area contributed by atoms with Crippen molar-refractivity contribution in [3.63, 3.8) is 0 Å². The highest BCUT2D eigenvalue weighted by atomic mass is 16.7. The van der Waals surface area contributed by atoms with Gasteiger partial charge in [-0.05, 0) is 55.4 Å². The minimum atomic E-state index is -0.860. The Balaban J connectivity index is 1.34. The Bertz CT molecular complexity index is 796. The zero-order valence-electron chi connectivity index (χ0n) is 19.9. The highest BCUT2D eigenvalue weighted by Gasteiger charge is 2.77. The van der Waals surface area contributed by atoms with Crippen LogP contribution in [-0.2, 0) is 14.3 Å². The maximum absolute atomic E-state index is 13.1. The summed E-state index contributed by atoms with van der Waals surface area (Å²) >= 11 is 0. The molecule has 0 radical (unpaired) electrons. The van der Waals surface area contributed by atoms with E-state index in [2.05, 4.69) is 37.3 Å². The molecule has 5 heteroatoms. The van der Waals surface area contributed by atoms with E-state index in [-0.39, 0.29) is 18.1 Å². The van der Waals surface area contributed by atoms with Crippen molar-refractivity contribution in [1.29, 1.82) is 0 Å². The van der Waals surface area contributed by atoms with Gasteiger partial charge in [0.25, 0.3) is 0 Å². The number of unbranched alkanes of at least 4 members (excludes halogenated alkanes) is 4. The molecule has 0 saturated heterocycles. The number of hydrogen-bond donors (Lipinski definition) is 0. The van der Waals surface area contributed by atoms with Gasteiger partial charge in [-0.3, -0.25) is 4.79 Å². The maximum Gasteiger partial charge on any atom is 0.413 e. The Morgan fingerprint density at radius 1 is 1.06 bits per heavy atom. The van der Waals surface area contributed by atoms with Crippen molar-refractivity contribution in [2.75, 3.05) is 6.54 Å². The summed E-state index contributed by atoms with van der Waals surface area (Å²) in [6.07, 6.45) is 8.33. The number of benzene rings is 1. The summed E-state index contributed by atoms with van der Waals surface area (Å²) in [6, 6.07) is 10.8. The maximum atomic E-state index is 13.1. The Morgan fingerprint density at radius 2 is 1.81 bits per heavy atom. The summed E-state index contributed by atoms with van der Waals surface area (Å²) in [5.74, 6) is 1.48. The molecule has 1 aromatic rings. The Labute approximate surface area is 192 Å². The van der Waals surface area contributed by atoms with Crippen LogP contribution in [0.25, 0.3) is 0 Å². The summed E-state index contributed by atoms with van der Waals surface area (Å²) in [5, 5.41) is 0. The molecule has 1 aromatic carbocycles. The second-order valence-corrected chi connectivity index (χ2v) is 9.97. The quantitative estimate of drug-likeness (QED) is 0.230. The van der Waals surface area contributed by atoms with E-state index in [1.165, 1.54) is 37.7 Å². The van der Waals surface area contributed by atoms with Crippen LogP contribution in [0.15, 0.2) is 30.3 Å². The van der Waals surface area contributed by atoms with Gasteiger partial charge >= 0.3 is 12.1 Å². The first kappa shape index (κ1) is 23.1. The van der Waals surface area contributed by atoms with Crippen LogP contribution in [0.4, 0.5) is 4.79 Å². The summed E-state index contributed by atoms with van der Waals surface area (Å²) < 4.78 is 11.0. The predicted molar refractivity (Wildman–Crippen MR) is 124 cm³/mol. The van der Waals surface area contributed by atoms with Gasteiger partial charge in [0.2, 0.25) is 6.29 Å². The zero-order chi connectivity index (χ0) is 22.7. The molecule has 3 fully saturated rings. The van der Waals surface area contributed by atoms with Crippen molar-refractivity contribution in [1.82, 2.24) is 4.90 Å². The normalized spacial score (nSPS) is 30.5. The van der Waals surface area contributed by atoms with E-state index in [9.17, 15) is 9.59 Å². The average Bonchev–Trinajstić information content (AvgIpc) is 3.44. The Kier molecular flexibility index (Phi) is 7.11. The number of ether oxygens (including phenoxy) is 2. The lowest BCUT2D eigenvalue weighted by atomic mass is 9.55. The van der Waals surface area contributed by atoms with Crippen LogP contribution in [0.2, 0.25) is 0 Å². The molecular weight excluding hydrogens is 402 g/mol. The molecule has 5 nitrogen and oxygen atoms in total. The number of carbonyl (C=O) groups excluding carboxylic acids is 2. The van der Waals surface area contributed by atoms with Gasteiger partial charge in [-0.2, -0.15) is 0 Å². The zero-order valence-corrected chi connectivity index (χ0v) is 19.9. The van der Waals surface area contributed by atoms with Gasteiger partial charge in [0.1, 0.15) is 0 Å². The Hall–Kier alpha value is -2.04. The highest BCUT2D eigenvalue weighted by Crippen LogP contribution is 2.81. The summed E-state index contributed by atoms with van der Waals surface area (Å²) in [6.45, 7) is 6.43. The number of likely N-dealkylation sites (N-methyl/N-ethyl adjacent to an activating group) is 1. The predicted octanol–water partition coefficient (Wildman–Crippen LogP) is 6.28. The first-order valence-electron chi connectivity index (χ1n) is 12.7. The van der Waals surface area contributed by atoms with E-state index < -0.39 is 6.29 Å². The van der Waals surface area contributed by atoms with Gasteiger partial charge in [0, 0.05) is 31.8 Å². The highest BCUT2D eigenvalue weighted by molar-refractivity contribution is 5.71. The summed E-state index contributed by atoms with van der Waals surface area (Å²) in [4.78, 5) is 27.1. The van der Waals surface area contributed by atoms with E-state index in [4.69, 9.17) is 9.47 Å². The first-order valence-corrected chi connectivity index (χ1v) is 12.7. The van der Waals surface area contributed by atoms with Gasteiger partial charge in [-0.15, -0.1) is 0 Å². The van der Waals surface area contributed by atoms with Crippen LogP contribution >= 0.6 is 0 Å². The van der Waals surface area contributed by atoms with Crippen molar-refractivity contribution in [2.45, 2.75) is 96.8 Å². The molecule has 4 rings (SSSR count). The van der Waals surface area contributed by atoms with Gasteiger partial charge < -0.3 is 14.4 Å². The van der Waals surface area contributed by atoms with E-state index in [0.29, 0.717) is 30.2 Å². The van der Waals surface area contributed by atoms with Crippen LogP contribution in [0.1, 0.15) is 90.0 Å². The molecule has 6 atom stereocenters. The lowest BCUT2D eigenvalue weighted by molar-refractivity contribution is -0.167. The van der Waals surface area contributed by atoms with Crippen LogP contribution in [0.3, 0.4) is 0 Å². The van der Waals surface area contributed by atoms with E-state index in [1.54, 1.807) is 6.92 Å². The molecule has 0 N–H and O–H groups in total. The van der Waals surface area contributed by atoms with Crippen LogP contribution in [-0.4, -0.2) is 35.8 Å². The largest absolute Gasteiger partial charge is 0.425 e. The third kappa shape index (κ3) is 4.27. The molecule has 0 bridgehead atoms. The molecule has 1 spiro atoms. The van der Waals surface area contributed by atoms with Gasteiger partial charge in [-0.1, -0.05) is 62.9 Å². The monoisotopic (exact) mass is 441 g/mol. The molecule has 3 aliphatic rings. The number of nitrogens with zero attached hydrogens (tertiary/aromatic N) is 1. The molecule has 0 aliphatic heterocycles. The minimum Gasteiger partial charge on any atom is -0.425 e. The van der Waals surface area contributed by atoms with Crippen molar-refractivity contribution < 1.29 is 19.1 Å². The van der Waals surface area contributed by atoms with Gasteiger partial charge in [0.15, 0.2) is 0 Å². The second-order valence-electron chi connectivity index (χ2n) is 9.97. The van der Waals surface area contributed by atoms with Crippen molar-refractivity contribution in [3.05, 3.63) is 35.9 Å². The average molecular weight is 442 g/mol. The Morgan fingerprint density at radius 3 is 2.50 bits per heavy atom. The molecule has 0 heterocycles. The summed E-state index contributed by atoms with van der Waals surface area (Å²) in [7, 11) is 0. The molecule has 176 valence electrons. The topological polar surface area (TPSA) is 55.8 Å². The third-order valence-corrected chi connectivity index (χ3v) is 8.19. The summed E-state index contributed by atoms with van der Waals surface area (Å²) in [5.41, 5.74) is 1.74. The van der Waals surface area contributed by atoms with Crippen molar-refractivity contribution in [3.8, 4) is 0 Å². The number of amides is 1. The molecule has 0 aromatic heterocycles. The second kappa shape index (κ2) is 9.84. The number of carbonyl (C=O) groups is 2. The SMILES string of the molecule is CCCCCCCC(=O)OC(C)OC(=O)N(CC)C1C2CCC3CC32C1c1ccccc1. The lowest BCUT2D eigenvalue weighted by Crippen LogP contribution is -2.60. The van der Waals surface area contributed by atoms with Gasteiger partial charge in [0.05, 0.1) is 0 Å². The van der Waals surface area contributed by atoms with Crippen molar-refractivity contribution >= 4 is 12.1 Å². The van der Waals surface area contributed by atoms with Crippen LogP contribution in [0, 0.1) is 17.3 Å². The fourth-order valence-corrected chi connectivity index (χ4v) is 6.75. The first-order chi connectivity index (χ1) is 15.5. The number of esters is 1. The molecule has 6 unspecified atom stereocenters. The molecule has 32 heavy (non-hydrogen) atoms. The lowest BCUT2D eigenvalue weighted by Gasteiger charge is -2.56. The van der Waals surface area contributed by atoms with Gasteiger partial charge in [-0.25, -0.2) is 4.79 Å². The van der Waals surface area contributed by atoms with E-state index >= 15 is 0 Å². The van der Waals surface area contributed by atoms with Crippen LogP contribution in [0.5, 0.6) is 0 Å². The number of hydrogen-bond acceptors (Lipinski definition) is 4. The molecule has 3 saturated carbocycles. The smallest absolute Gasteiger partial charge is 0.413 e. The molecule has 1 amide bonds. The standard InChI is InChI=1S/C27H39NO4/c1-4-6-7-8-12-15-23(29)31-19(3)32-26(30)28(5-2)25-22-17-16-21-18-27(21,22)24(25)20-13-10-9-11-14-20/h9-11,13-14,19,21-22,24-25H,4-8,12,15-18H2,1-3H3. The fraction of sp³-hybridized carbons (Fsp3) is 0.704. The minimum absolute atomic E-state index is 0.170. The molecule has 3 aliphatic carbocycles.